The largest absolute Gasteiger partial charge is 0.107 e. The van der Waals surface area contributed by atoms with Crippen LogP contribution in [0.15, 0.2) is 0 Å². The average molecular weight is 318 g/mol. The van der Waals surface area contributed by atoms with E-state index in [0.29, 0.717) is 15.8 Å². The Kier molecular flexibility index (Phi) is 16.9. The molecule has 2 unspecified atom stereocenters. The van der Waals surface area contributed by atoms with Crippen molar-refractivity contribution >= 4 is 15.8 Å². The maximum atomic E-state index is 2.43. The molecule has 0 rings (SSSR count). The van der Waals surface area contributed by atoms with E-state index in [1.165, 1.54) is 63.7 Å². The molecule has 0 saturated heterocycles. The zero-order chi connectivity index (χ0) is 15.1. The van der Waals surface area contributed by atoms with Crippen molar-refractivity contribution in [1.82, 2.24) is 0 Å². The number of rotatable bonds is 15. The normalized spacial score (nSPS) is 14.4. The van der Waals surface area contributed by atoms with Gasteiger partial charge in [-0.25, -0.2) is 0 Å². The highest BCUT2D eigenvalue weighted by atomic mass is 31.1. The van der Waals surface area contributed by atoms with E-state index < -0.39 is 0 Å². The topological polar surface area (TPSA) is 0 Å². The van der Waals surface area contributed by atoms with Crippen molar-refractivity contribution in [3.63, 3.8) is 0 Å². The fraction of sp³-hybridized carbons (Fsp3) is 1.00. The van der Waals surface area contributed by atoms with Gasteiger partial charge in [-0.3, -0.25) is 0 Å². The Morgan fingerprint density at radius 2 is 0.850 bits per heavy atom. The van der Waals surface area contributed by atoms with Crippen LogP contribution in [0.2, 0.25) is 0 Å². The summed E-state index contributed by atoms with van der Waals surface area (Å²) in [7, 11) is 0.762. The minimum atomic E-state index is 0.381. The second kappa shape index (κ2) is 16.2. The molecule has 0 aromatic rings. The fourth-order valence-corrected chi connectivity index (χ4v) is 7.98. The lowest BCUT2D eigenvalue weighted by Gasteiger charge is -2.21. The molecule has 0 bridgehead atoms. The van der Waals surface area contributed by atoms with Gasteiger partial charge in [0.25, 0.3) is 0 Å². The molecular formula is C18H40P2. The van der Waals surface area contributed by atoms with Crippen LogP contribution in [-0.2, 0) is 0 Å². The third-order valence-corrected chi connectivity index (χ3v) is 10.0. The summed E-state index contributed by atoms with van der Waals surface area (Å²) in [5, 5.41) is 0. The summed E-state index contributed by atoms with van der Waals surface area (Å²) < 4.78 is 0. The molecule has 122 valence electrons. The van der Waals surface area contributed by atoms with Crippen LogP contribution in [0.5, 0.6) is 0 Å². The van der Waals surface area contributed by atoms with Crippen molar-refractivity contribution in [2.75, 3.05) is 37.0 Å². The Balaban J connectivity index is 3.70. The molecule has 0 amide bonds. The molecule has 0 aliphatic carbocycles. The predicted molar refractivity (Wildman–Crippen MR) is 103 cm³/mol. The third kappa shape index (κ3) is 12.6. The quantitative estimate of drug-likeness (QED) is 0.222. The first-order valence-corrected chi connectivity index (χ1v) is 13.0. The molecule has 0 fully saturated rings. The van der Waals surface area contributed by atoms with E-state index in [9.17, 15) is 0 Å². The number of hydrogen-bond acceptors (Lipinski definition) is 0. The Morgan fingerprint density at radius 3 is 1.15 bits per heavy atom. The first-order chi connectivity index (χ1) is 9.78. The molecule has 2 atom stereocenters. The van der Waals surface area contributed by atoms with Crippen LogP contribution in [0.3, 0.4) is 0 Å². The zero-order valence-corrected chi connectivity index (χ0v) is 16.6. The van der Waals surface area contributed by atoms with E-state index in [0.717, 1.165) is 0 Å². The van der Waals surface area contributed by atoms with E-state index in [1.807, 2.05) is 0 Å². The molecule has 2 heteroatoms. The molecule has 0 N–H and O–H groups in total. The molecule has 0 saturated carbocycles. The Hall–Kier alpha value is 0.860. The fourth-order valence-electron chi connectivity index (χ4n) is 2.66. The van der Waals surface area contributed by atoms with Gasteiger partial charge in [-0.1, -0.05) is 66.2 Å². The number of unbranched alkanes of at least 4 members (excludes halogenated alkanes) is 6. The summed E-state index contributed by atoms with van der Waals surface area (Å²) >= 11 is 0. The molecule has 0 spiro atoms. The number of hydrogen-bond donors (Lipinski definition) is 0. The summed E-state index contributed by atoms with van der Waals surface area (Å²) in [5.74, 6) is 0. The summed E-state index contributed by atoms with van der Waals surface area (Å²) in [4.78, 5) is 0. The van der Waals surface area contributed by atoms with Crippen molar-refractivity contribution in [1.29, 1.82) is 0 Å². The highest BCUT2D eigenvalue weighted by Crippen LogP contribution is 2.43. The van der Waals surface area contributed by atoms with Crippen molar-refractivity contribution in [3.8, 4) is 0 Å². The molecule has 0 heterocycles. The smallest absolute Gasteiger partial charge is 0.0286 e. The molecule has 0 radical (unpaired) electrons. The standard InChI is InChI=1S/C18H40P2/c1-5-9-11-13-15-19(7-3)17-18-20(8-4)16-14-12-10-6-2/h5-18H2,1-4H3. The average Bonchev–Trinajstić information content (AvgIpc) is 2.48. The molecule has 0 aliphatic rings. The van der Waals surface area contributed by atoms with Crippen LogP contribution >= 0.6 is 15.8 Å². The van der Waals surface area contributed by atoms with Gasteiger partial charge in [0.15, 0.2) is 0 Å². The Morgan fingerprint density at radius 1 is 0.450 bits per heavy atom. The highest BCUT2D eigenvalue weighted by Gasteiger charge is 2.10. The first-order valence-electron chi connectivity index (χ1n) is 9.23. The van der Waals surface area contributed by atoms with Gasteiger partial charge in [0.05, 0.1) is 0 Å². The summed E-state index contributed by atoms with van der Waals surface area (Å²) in [6.45, 7) is 9.49. The molecule has 20 heavy (non-hydrogen) atoms. The van der Waals surface area contributed by atoms with Gasteiger partial charge >= 0.3 is 0 Å². The van der Waals surface area contributed by atoms with E-state index in [-0.39, 0.29) is 0 Å². The summed E-state index contributed by atoms with van der Waals surface area (Å²) in [6, 6.07) is 0. The summed E-state index contributed by atoms with van der Waals surface area (Å²) in [6.07, 6.45) is 20.9. The van der Waals surface area contributed by atoms with E-state index in [1.54, 1.807) is 24.6 Å². The van der Waals surface area contributed by atoms with Crippen LogP contribution in [-0.4, -0.2) is 37.0 Å². The van der Waals surface area contributed by atoms with Gasteiger partial charge in [0.1, 0.15) is 0 Å². The van der Waals surface area contributed by atoms with Crippen LogP contribution in [0.4, 0.5) is 0 Å². The minimum absolute atomic E-state index is 0.381. The summed E-state index contributed by atoms with van der Waals surface area (Å²) in [5.41, 5.74) is 0. The second-order valence-corrected chi connectivity index (χ2v) is 11.7. The van der Waals surface area contributed by atoms with Crippen LogP contribution < -0.4 is 0 Å². The maximum Gasteiger partial charge on any atom is -0.0286 e. The second-order valence-electron chi connectivity index (χ2n) is 5.99. The van der Waals surface area contributed by atoms with Gasteiger partial charge in [-0.15, -0.1) is 15.8 Å². The minimum Gasteiger partial charge on any atom is -0.107 e. The predicted octanol–water partition coefficient (Wildman–Crippen LogP) is 7.15. The molecule has 0 aliphatic heterocycles. The molecular weight excluding hydrogens is 278 g/mol. The van der Waals surface area contributed by atoms with Gasteiger partial charge in [0, 0.05) is 0 Å². The first kappa shape index (κ1) is 20.9. The van der Waals surface area contributed by atoms with Crippen LogP contribution in [0.1, 0.15) is 79.1 Å². The highest BCUT2D eigenvalue weighted by molar-refractivity contribution is 7.61. The van der Waals surface area contributed by atoms with Crippen molar-refractivity contribution < 1.29 is 0 Å². The Labute approximate surface area is 132 Å². The lowest BCUT2D eigenvalue weighted by atomic mass is 10.2. The van der Waals surface area contributed by atoms with Crippen molar-refractivity contribution in [3.05, 3.63) is 0 Å². The SMILES string of the molecule is CCCCCCP(CC)CCP(CC)CCCCCC. The van der Waals surface area contributed by atoms with Gasteiger partial charge in [-0.05, 0) is 49.8 Å². The Bertz CT molecular complexity index is 162. The molecule has 0 aromatic heterocycles. The van der Waals surface area contributed by atoms with E-state index >= 15 is 0 Å². The lowest BCUT2D eigenvalue weighted by molar-refractivity contribution is 0.704. The van der Waals surface area contributed by atoms with E-state index in [4.69, 9.17) is 0 Å². The van der Waals surface area contributed by atoms with Gasteiger partial charge in [0.2, 0.25) is 0 Å². The van der Waals surface area contributed by atoms with Gasteiger partial charge < -0.3 is 0 Å². The molecule has 0 aromatic carbocycles. The zero-order valence-electron chi connectivity index (χ0n) is 14.8. The van der Waals surface area contributed by atoms with Crippen molar-refractivity contribution in [2.45, 2.75) is 79.1 Å². The van der Waals surface area contributed by atoms with Gasteiger partial charge in [-0.2, -0.15) is 0 Å². The monoisotopic (exact) mass is 318 g/mol. The van der Waals surface area contributed by atoms with E-state index in [2.05, 4.69) is 27.7 Å². The van der Waals surface area contributed by atoms with Crippen LogP contribution in [0, 0.1) is 0 Å². The third-order valence-electron chi connectivity index (χ3n) is 4.28. The maximum absolute atomic E-state index is 2.43. The molecule has 0 nitrogen and oxygen atoms in total. The van der Waals surface area contributed by atoms with Crippen LogP contribution in [0.25, 0.3) is 0 Å². The van der Waals surface area contributed by atoms with Crippen molar-refractivity contribution in [2.24, 2.45) is 0 Å². The lowest BCUT2D eigenvalue weighted by Crippen LogP contribution is -2.01.